The van der Waals surface area contributed by atoms with E-state index in [1.165, 1.54) is 12.1 Å². The second-order valence-corrected chi connectivity index (χ2v) is 10.7. The van der Waals surface area contributed by atoms with Gasteiger partial charge in [-0.15, -0.1) is 13.2 Å². The molecule has 4 aromatic rings. The van der Waals surface area contributed by atoms with Crippen molar-refractivity contribution in [1.82, 2.24) is 14.3 Å². The number of carbonyl (C=O) groups excluding carboxylic acids is 1. The molecule has 1 aromatic heterocycles. The monoisotopic (exact) mass is 592 g/mol. The van der Waals surface area contributed by atoms with Gasteiger partial charge in [-0.2, -0.15) is 0 Å². The second-order valence-electron chi connectivity index (χ2n) is 8.75. The molecule has 0 aliphatic carbocycles. The molecule has 0 fully saturated rings. The maximum atomic E-state index is 13.3. The third-order valence-corrected chi connectivity index (χ3v) is 7.49. The number of nitrogens with one attached hydrogen (secondary N) is 1. The smallest absolute Gasteiger partial charge is 0.404 e. The summed E-state index contributed by atoms with van der Waals surface area (Å²) >= 11 is 6.15. The van der Waals surface area contributed by atoms with E-state index in [4.69, 9.17) is 23.1 Å². The summed E-state index contributed by atoms with van der Waals surface area (Å²) in [6, 6.07) is 14.5. The number of hydrogen-bond acceptors (Lipinski definition) is 7. The van der Waals surface area contributed by atoms with Gasteiger partial charge in [-0.3, -0.25) is 4.79 Å². The number of carbonyl (C=O) groups is 1. The molecule has 0 radical (unpaired) electrons. The molecule has 9 nitrogen and oxygen atoms in total. The van der Waals surface area contributed by atoms with Gasteiger partial charge in [0.25, 0.3) is 5.91 Å². The highest BCUT2D eigenvalue weighted by molar-refractivity contribution is 7.82. The number of aryl methyl sites for hydroxylation is 1. The van der Waals surface area contributed by atoms with E-state index in [0.29, 0.717) is 38.7 Å². The maximum absolute atomic E-state index is 13.3. The zero-order valence-electron chi connectivity index (χ0n) is 21.2. The van der Waals surface area contributed by atoms with E-state index in [1.54, 1.807) is 60.7 Å². The van der Waals surface area contributed by atoms with E-state index in [1.807, 2.05) is 0 Å². The average Bonchev–Trinajstić information content (AvgIpc) is 2.88. The summed E-state index contributed by atoms with van der Waals surface area (Å²) in [5, 5.41) is 3.47. The van der Waals surface area contributed by atoms with Crippen molar-refractivity contribution in [2.24, 2.45) is 5.73 Å². The average molecular weight is 593 g/mol. The second kappa shape index (κ2) is 11.7. The maximum Gasteiger partial charge on any atom is 0.573 e. The molecule has 210 valence electrons. The van der Waals surface area contributed by atoms with Gasteiger partial charge in [-0.25, -0.2) is 18.5 Å². The Balaban J connectivity index is 1.75. The van der Waals surface area contributed by atoms with Gasteiger partial charge in [-0.05, 0) is 61.0 Å². The van der Waals surface area contributed by atoms with Crippen LogP contribution in [0.25, 0.3) is 10.9 Å². The van der Waals surface area contributed by atoms with Crippen molar-refractivity contribution < 1.29 is 26.9 Å². The predicted molar refractivity (Wildman–Crippen MR) is 147 cm³/mol. The zero-order valence-corrected chi connectivity index (χ0v) is 22.8. The SMILES string of the molecule is Cc1nc(N[C@H](CN(C)S(=O)c2ccc(N)cc2)c2ccc(OC(F)(F)F)c(Cl)c2)c2cccc(C(N)=O)c2n1. The fraction of sp³-hybridized carbons (Fsp3) is 0.192. The van der Waals surface area contributed by atoms with Crippen LogP contribution >= 0.6 is 11.6 Å². The number of hydrogen-bond donors (Lipinski definition) is 3. The van der Waals surface area contributed by atoms with Gasteiger partial charge in [0.05, 0.1) is 27.0 Å². The number of anilines is 2. The topological polar surface area (TPSA) is 136 Å². The highest BCUT2D eigenvalue weighted by Gasteiger charge is 2.32. The number of primary amides is 1. The van der Waals surface area contributed by atoms with E-state index in [9.17, 15) is 22.2 Å². The predicted octanol–water partition coefficient (Wildman–Crippen LogP) is 4.98. The standard InChI is InChI=1S/C26H24ClF3N6O3S/c1-14-33-23-18(24(32)37)4-3-5-19(23)25(34-14)35-21(13-36(2)40(38)17-9-7-16(31)8-10-17)15-6-11-22(20(27)12-15)39-26(28,29)30/h3-12,21H,13,31H2,1-2H3,(H2,32,37)(H,33,34,35)/t21-,40?/m1/s1. The third-order valence-electron chi connectivity index (χ3n) is 5.80. The first kappa shape index (κ1) is 29.1. The van der Waals surface area contributed by atoms with Gasteiger partial charge in [0.2, 0.25) is 0 Å². The molecule has 0 aliphatic rings. The summed E-state index contributed by atoms with van der Waals surface area (Å²) in [7, 11) is 0.00755. The third kappa shape index (κ3) is 6.79. The molecule has 5 N–H and O–H groups in total. The molecule has 1 unspecified atom stereocenters. The fourth-order valence-corrected chi connectivity index (χ4v) is 5.24. The lowest BCUT2D eigenvalue weighted by Gasteiger charge is -2.26. The van der Waals surface area contributed by atoms with Gasteiger partial charge in [0.15, 0.2) is 0 Å². The highest BCUT2D eigenvalue weighted by Crippen LogP contribution is 2.34. The van der Waals surface area contributed by atoms with Crippen molar-refractivity contribution in [2.75, 3.05) is 24.6 Å². The van der Waals surface area contributed by atoms with Crippen LogP contribution in [0.15, 0.2) is 65.6 Å². The summed E-state index contributed by atoms with van der Waals surface area (Å²) in [5.41, 5.74) is 12.8. The minimum Gasteiger partial charge on any atom is -0.404 e. The van der Waals surface area contributed by atoms with Gasteiger partial charge >= 0.3 is 6.36 Å². The molecule has 3 aromatic carbocycles. The Kier molecular flexibility index (Phi) is 8.47. The highest BCUT2D eigenvalue weighted by atomic mass is 35.5. The number of rotatable bonds is 9. The molecule has 2 atom stereocenters. The van der Waals surface area contributed by atoms with Crippen LogP contribution in [0.2, 0.25) is 5.02 Å². The molecule has 1 amide bonds. The first-order valence-corrected chi connectivity index (χ1v) is 13.2. The number of fused-ring (bicyclic) bond motifs is 1. The number of alkyl halides is 3. The van der Waals surface area contributed by atoms with Gasteiger partial charge < -0.3 is 21.5 Å². The van der Waals surface area contributed by atoms with Crippen LogP contribution in [0.1, 0.15) is 27.8 Å². The van der Waals surface area contributed by atoms with Crippen LogP contribution in [0, 0.1) is 6.92 Å². The summed E-state index contributed by atoms with van der Waals surface area (Å²) in [6.45, 7) is 1.73. The van der Waals surface area contributed by atoms with Crippen molar-refractivity contribution in [3.63, 3.8) is 0 Å². The first-order valence-electron chi connectivity index (χ1n) is 11.7. The number of para-hydroxylation sites is 1. The van der Waals surface area contributed by atoms with Gasteiger partial charge in [-0.1, -0.05) is 23.7 Å². The number of ether oxygens (including phenoxy) is 1. The number of nitrogen functional groups attached to an aromatic ring is 1. The number of aromatic nitrogens is 2. The van der Waals surface area contributed by atoms with Crippen molar-refractivity contribution in [3.05, 3.63) is 82.6 Å². The van der Waals surface area contributed by atoms with Crippen LogP contribution in [0.3, 0.4) is 0 Å². The van der Waals surface area contributed by atoms with Crippen LogP contribution in [0.4, 0.5) is 24.7 Å². The summed E-state index contributed by atoms with van der Waals surface area (Å²) in [6.07, 6.45) is -4.92. The fourth-order valence-electron chi connectivity index (χ4n) is 4.00. The van der Waals surface area contributed by atoms with E-state index in [0.717, 1.165) is 6.07 Å². The molecule has 1 heterocycles. The zero-order chi connectivity index (χ0) is 29.2. The molecule has 40 heavy (non-hydrogen) atoms. The number of nitrogens with two attached hydrogens (primary N) is 2. The lowest BCUT2D eigenvalue weighted by atomic mass is 10.1. The van der Waals surface area contributed by atoms with Crippen molar-refractivity contribution >= 4 is 50.9 Å². The molecule has 0 saturated heterocycles. The lowest BCUT2D eigenvalue weighted by molar-refractivity contribution is -0.274. The Morgan fingerprint density at radius 1 is 1.15 bits per heavy atom. The summed E-state index contributed by atoms with van der Waals surface area (Å²) in [5.74, 6) is -0.566. The number of likely N-dealkylation sites (N-methyl/N-ethyl adjacent to an activating group) is 1. The minimum absolute atomic E-state index is 0.0901. The van der Waals surface area contributed by atoms with E-state index in [-0.39, 0.29) is 17.1 Å². The summed E-state index contributed by atoms with van der Waals surface area (Å²) in [4.78, 5) is 21.4. The first-order chi connectivity index (χ1) is 18.8. The molecule has 14 heteroatoms. The van der Waals surface area contributed by atoms with E-state index < -0.39 is 35.0 Å². The van der Waals surface area contributed by atoms with Crippen molar-refractivity contribution in [2.45, 2.75) is 24.2 Å². The van der Waals surface area contributed by atoms with Crippen LogP contribution < -0.4 is 21.5 Å². The van der Waals surface area contributed by atoms with E-state index >= 15 is 0 Å². The quantitative estimate of drug-likeness (QED) is 0.233. The molecule has 0 saturated carbocycles. The van der Waals surface area contributed by atoms with Crippen molar-refractivity contribution in [1.29, 1.82) is 0 Å². The Morgan fingerprint density at radius 2 is 1.85 bits per heavy atom. The Labute approximate surface area is 234 Å². The molecule has 0 spiro atoms. The number of amides is 1. The minimum atomic E-state index is -4.92. The normalized spacial score (nSPS) is 13.3. The number of nitrogens with zero attached hydrogens (tertiary/aromatic N) is 3. The van der Waals surface area contributed by atoms with Crippen LogP contribution in [-0.4, -0.2) is 44.3 Å². The van der Waals surface area contributed by atoms with Gasteiger partial charge in [0.1, 0.15) is 28.4 Å². The van der Waals surface area contributed by atoms with Crippen molar-refractivity contribution in [3.8, 4) is 5.75 Å². The largest absolute Gasteiger partial charge is 0.573 e. The Bertz CT molecular complexity index is 1590. The number of benzene rings is 3. The Hall–Kier alpha value is -3.94. The molecule has 0 aliphatic heterocycles. The van der Waals surface area contributed by atoms with Crippen LogP contribution in [-0.2, 0) is 11.0 Å². The molecule has 4 rings (SSSR count). The Morgan fingerprint density at radius 3 is 2.48 bits per heavy atom. The lowest BCUT2D eigenvalue weighted by Crippen LogP contribution is -2.30. The summed E-state index contributed by atoms with van der Waals surface area (Å²) < 4.78 is 57.2. The van der Waals surface area contributed by atoms with Crippen LogP contribution in [0.5, 0.6) is 5.75 Å². The number of halogens is 4. The van der Waals surface area contributed by atoms with Gasteiger partial charge in [0, 0.05) is 24.7 Å². The molecular weight excluding hydrogens is 569 g/mol. The molecular formula is C26H24ClF3N6O3S. The van der Waals surface area contributed by atoms with E-state index in [2.05, 4.69) is 20.0 Å². The molecule has 0 bridgehead atoms.